The molecule has 0 atom stereocenters. The second-order valence-corrected chi connectivity index (χ2v) is 11.0. The van der Waals surface area contributed by atoms with Gasteiger partial charge in [0.25, 0.3) is 0 Å². The lowest BCUT2D eigenvalue weighted by Crippen LogP contribution is -2.26. The second-order valence-electron chi connectivity index (χ2n) is 11.0. The van der Waals surface area contributed by atoms with Crippen molar-refractivity contribution in [3.63, 3.8) is 0 Å². The van der Waals surface area contributed by atoms with Gasteiger partial charge in [0.05, 0.1) is 0 Å². The molecule has 0 saturated heterocycles. The van der Waals surface area contributed by atoms with E-state index in [4.69, 9.17) is 0 Å². The van der Waals surface area contributed by atoms with E-state index in [0.29, 0.717) is 5.92 Å². The Kier molecular flexibility index (Phi) is 7.91. The summed E-state index contributed by atoms with van der Waals surface area (Å²) in [7, 11) is 0. The highest BCUT2D eigenvalue weighted by Gasteiger charge is 2.31. The van der Waals surface area contributed by atoms with Crippen LogP contribution in [0.1, 0.15) is 100 Å². The van der Waals surface area contributed by atoms with E-state index in [1.807, 2.05) is 0 Å². The van der Waals surface area contributed by atoms with Crippen LogP contribution in [0.5, 0.6) is 0 Å². The maximum atomic E-state index is 2.39. The van der Waals surface area contributed by atoms with Crippen LogP contribution in [0.2, 0.25) is 0 Å². The van der Waals surface area contributed by atoms with Gasteiger partial charge in [0.2, 0.25) is 0 Å². The van der Waals surface area contributed by atoms with Crippen LogP contribution in [0.3, 0.4) is 0 Å². The first kappa shape index (κ1) is 22.6. The van der Waals surface area contributed by atoms with Crippen molar-refractivity contribution in [1.82, 2.24) is 0 Å². The lowest BCUT2D eigenvalue weighted by Gasteiger charge is -2.38. The van der Waals surface area contributed by atoms with Crippen LogP contribution < -0.4 is 0 Å². The summed E-state index contributed by atoms with van der Waals surface area (Å²) >= 11 is 0. The van der Waals surface area contributed by atoms with Crippen molar-refractivity contribution in [3.8, 4) is 0 Å². The van der Waals surface area contributed by atoms with Gasteiger partial charge in [0, 0.05) is 0 Å². The smallest absolute Gasteiger partial charge is 0.0219 e. The van der Waals surface area contributed by atoms with Gasteiger partial charge < -0.3 is 0 Å². The monoisotopic (exact) mass is 416 g/mol. The first-order valence-electron chi connectivity index (χ1n) is 13.3. The molecular weight excluding hydrogens is 372 g/mol. The molecule has 0 nitrogen and oxygen atoms in total. The first-order valence-corrected chi connectivity index (χ1v) is 13.3. The molecule has 0 aromatic heterocycles. The Hall–Kier alpha value is -1.56. The standard InChI is InChI=1S/C31H44/c1-4-24-5-7-25(8-6-24)21-27-11-17-30(18-12-27)31-19-13-28(14-20-31)22-26-9-15-29(16-10-26)23(2)3/h5-10,15-16,23,27-28,30-31H,4,11-14,17-22H2,1-3H3. The van der Waals surface area contributed by atoms with E-state index in [0.717, 1.165) is 30.1 Å². The summed E-state index contributed by atoms with van der Waals surface area (Å²) in [6.07, 6.45) is 15.6. The van der Waals surface area contributed by atoms with E-state index in [-0.39, 0.29) is 0 Å². The van der Waals surface area contributed by atoms with Gasteiger partial charge in [-0.25, -0.2) is 0 Å². The topological polar surface area (TPSA) is 0 Å². The molecule has 2 fully saturated rings. The highest BCUT2D eigenvalue weighted by Crippen LogP contribution is 2.42. The highest BCUT2D eigenvalue weighted by molar-refractivity contribution is 5.25. The van der Waals surface area contributed by atoms with Gasteiger partial charge in [-0.05, 0) is 122 Å². The molecule has 31 heavy (non-hydrogen) atoms. The lowest BCUT2D eigenvalue weighted by molar-refractivity contribution is 0.146. The zero-order valence-corrected chi connectivity index (χ0v) is 20.3. The Morgan fingerprint density at radius 3 is 1.35 bits per heavy atom. The van der Waals surface area contributed by atoms with E-state index in [1.165, 1.54) is 75.3 Å². The van der Waals surface area contributed by atoms with Gasteiger partial charge in [-0.1, -0.05) is 69.3 Å². The fourth-order valence-electron chi connectivity index (χ4n) is 6.34. The number of benzene rings is 2. The molecule has 168 valence electrons. The highest BCUT2D eigenvalue weighted by atomic mass is 14.4. The molecule has 0 aliphatic heterocycles. The van der Waals surface area contributed by atoms with Crippen molar-refractivity contribution < 1.29 is 0 Å². The Bertz CT molecular complexity index is 766. The van der Waals surface area contributed by atoms with Crippen molar-refractivity contribution in [2.75, 3.05) is 0 Å². The summed E-state index contributed by atoms with van der Waals surface area (Å²) in [5.41, 5.74) is 6.06. The van der Waals surface area contributed by atoms with Crippen LogP contribution in [-0.2, 0) is 19.3 Å². The van der Waals surface area contributed by atoms with Crippen LogP contribution in [0.15, 0.2) is 48.5 Å². The second kappa shape index (κ2) is 10.8. The number of rotatable bonds is 7. The molecular formula is C31H44. The normalized spacial score (nSPS) is 26.8. The molecule has 0 radical (unpaired) electrons. The Morgan fingerprint density at radius 1 is 0.581 bits per heavy atom. The minimum absolute atomic E-state index is 0.640. The molecule has 2 aromatic carbocycles. The van der Waals surface area contributed by atoms with Crippen molar-refractivity contribution in [3.05, 3.63) is 70.8 Å². The molecule has 4 rings (SSSR count). The van der Waals surface area contributed by atoms with Crippen molar-refractivity contribution in [2.24, 2.45) is 23.7 Å². The van der Waals surface area contributed by atoms with Gasteiger partial charge in [0.15, 0.2) is 0 Å². The molecule has 2 aliphatic rings. The molecule has 0 N–H and O–H groups in total. The molecule has 0 spiro atoms. The predicted molar refractivity (Wildman–Crippen MR) is 135 cm³/mol. The summed E-state index contributed by atoms with van der Waals surface area (Å²) < 4.78 is 0. The zero-order valence-electron chi connectivity index (χ0n) is 20.3. The summed E-state index contributed by atoms with van der Waals surface area (Å²) in [6.45, 7) is 6.81. The van der Waals surface area contributed by atoms with Crippen LogP contribution >= 0.6 is 0 Å². The molecule has 2 aliphatic carbocycles. The molecule has 2 saturated carbocycles. The Labute approximate surface area is 191 Å². The summed E-state index contributed by atoms with van der Waals surface area (Å²) in [4.78, 5) is 0. The third kappa shape index (κ3) is 6.24. The molecule has 0 bridgehead atoms. The summed E-state index contributed by atoms with van der Waals surface area (Å²) in [5.74, 6) is 4.52. The SMILES string of the molecule is CCc1ccc(CC2CCC(C3CCC(Cc4ccc(C(C)C)cc4)CC3)CC2)cc1. The van der Waals surface area contributed by atoms with Crippen LogP contribution in [-0.4, -0.2) is 0 Å². The van der Waals surface area contributed by atoms with E-state index in [1.54, 1.807) is 11.1 Å². The Balaban J connectivity index is 1.18. The third-order valence-electron chi connectivity index (χ3n) is 8.58. The largest absolute Gasteiger partial charge is 0.0613 e. The molecule has 2 aromatic rings. The predicted octanol–water partition coefficient (Wildman–Crippen LogP) is 8.77. The maximum absolute atomic E-state index is 2.39. The molecule has 0 heteroatoms. The third-order valence-corrected chi connectivity index (χ3v) is 8.58. The first-order chi connectivity index (χ1) is 15.1. The van der Waals surface area contributed by atoms with Gasteiger partial charge >= 0.3 is 0 Å². The van der Waals surface area contributed by atoms with Crippen molar-refractivity contribution >= 4 is 0 Å². The lowest BCUT2D eigenvalue weighted by atomic mass is 9.68. The van der Waals surface area contributed by atoms with Crippen molar-refractivity contribution in [2.45, 2.75) is 97.3 Å². The fraction of sp³-hybridized carbons (Fsp3) is 0.613. The minimum Gasteiger partial charge on any atom is -0.0613 e. The van der Waals surface area contributed by atoms with Crippen LogP contribution in [0.25, 0.3) is 0 Å². The average Bonchev–Trinajstić information content (AvgIpc) is 2.81. The fourth-order valence-corrected chi connectivity index (χ4v) is 6.34. The quantitative estimate of drug-likeness (QED) is 0.423. The van der Waals surface area contributed by atoms with Crippen molar-refractivity contribution in [1.29, 1.82) is 0 Å². The van der Waals surface area contributed by atoms with Gasteiger partial charge in [-0.15, -0.1) is 0 Å². The minimum atomic E-state index is 0.640. The van der Waals surface area contributed by atoms with Gasteiger partial charge in [0.1, 0.15) is 0 Å². The maximum Gasteiger partial charge on any atom is -0.0219 e. The molecule has 0 amide bonds. The summed E-state index contributed by atoms with van der Waals surface area (Å²) in [5, 5.41) is 0. The molecule has 0 heterocycles. The number of aryl methyl sites for hydroxylation is 1. The van der Waals surface area contributed by atoms with Crippen LogP contribution in [0.4, 0.5) is 0 Å². The van der Waals surface area contributed by atoms with E-state index in [9.17, 15) is 0 Å². The van der Waals surface area contributed by atoms with E-state index in [2.05, 4.69) is 69.3 Å². The molecule has 0 unspecified atom stereocenters. The van der Waals surface area contributed by atoms with Gasteiger partial charge in [-0.3, -0.25) is 0 Å². The average molecular weight is 417 g/mol. The van der Waals surface area contributed by atoms with Crippen LogP contribution in [0, 0.1) is 23.7 Å². The van der Waals surface area contributed by atoms with E-state index < -0.39 is 0 Å². The summed E-state index contributed by atoms with van der Waals surface area (Å²) in [6, 6.07) is 18.9. The number of hydrogen-bond donors (Lipinski definition) is 0. The van der Waals surface area contributed by atoms with Gasteiger partial charge in [-0.2, -0.15) is 0 Å². The number of hydrogen-bond acceptors (Lipinski definition) is 0. The van der Waals surface area contributed by atoms with E-state index >= 15 is 0 Å². The Morgan fingerprint density at radius 2 is 0.968 bits per heavy atom. The zero-order chi connectivity index (χ0) is 21.6.